The molecule has 2 aromatic carbocycles. The number of ketones is 1. The summed E-state index contributed by atoms with van der Waals surface area (Å²) in [5.41, 5.74) is 1.01. The molecule has 0 radical (unpaired) electrons. The van der Waals surface area contributed by atoms with Crippen LogP contribution in [0.5, 0.6) is 17.2 Å². The molecule has 1 amide bonds. The second-order valence-electron chi connectivity index (χ2n) is 7.79. The number of Topliss-reactive ketones (excluding diaryl/α,β-unsaturated/α-hetero) is 1. The van der Waals surface area contributed by atoms with Crippen LogP contribution in [-0.4, -0.2) is 48.6 Å². The number of rotatable bonds is 8. The van der Waals surface area contributed by atoms with E-state index in [-0.39, 0.29) is 23.0 Å². The minimum Gasteiger partial charge on any atom is -0.507 e. The third kappa shape index (κ3) is 4.42. The van der Waals surface area contributed by atoms with E-state index in [0.717, 1.165) is 0 Å². The average Bonchev–Trinajstić information content (AvgIpc) is 3.03. The van der Waals surface area contributed by atoms with E-state index in [9.17, 15) is 14.7 Å². The van der Waals surface area contributed by atoms with Crippen molar-refractivity contribution >= 4 is 17.4 Å². The smallest absolute Gasteiger partial charge is 0.295 e. The molecule has 170 valence electrons. The fourth-order valence-corrected chi connectivity index (χ4v) is 3.84. The molecule has 32 heavy (non-hydrogen) atoms. The number of carbonyl (C=O) groups is 2. The van der Waals surface area contributed by atoms with Gasteiger partial charge >= 0.3 is 0 Å². The number of methoxy groups -OCH3 is 2. The first-order valence-corrected chi connectivity index (χ1v) is 10.6. The van der Waals surface area contributed by atoms with Gasteiger partial charge in [-0.2, -0.15) is 0 Å². The first-order valence-electron chi connectivity index (χ1n) is 10.6. The molecule has 1 saturated heterocycles. The zero-order valence-electron chi connectivity index (χ0n) is 19.0. The van der Waals surface area contributed by atoms with Crippen LogP contribution in [0.2, 0.25) is 0 Å². The zero-order valence-corrected chi connectivity index (χ0v) is 19.0. The summed E-state index contributed by atoms with van der Waals surface area (Å²) in [6.07, 6.45) is 0.688. The van der Waals surface area contributed by atoms with Crippen molar-refractivity contribution in [2.24, 2.45) is 0 Å². The Balaban J connectivity index is 2.17. The van der Waals surface area contributed by atoms with Gasteiger partial charge in [-0.05, 0) is 56.2 Å². The van der Waals surface area contributed by atoms with E-state index in [2.05, 4.69) is 0 Å². The maximum absolute atomic E-state index is 13.0. The lowest BCUT2D eigenvalue weighted by Crippen LogP contribution is -2.30. The van der Waals surface area contributed by atoms with Gasteiger partial charge in [-0.1, -0.05) is 19.1 Å². The molecule has 1 unspecified atom stereocenters. The Hall–Kier alpha value is -3.48. The molecular weight excluding hydrogens is 410 g/mol. The Morgan fingerprint density at radius 2 is 1.69 bits per heavy atom. The molecule has 1 fully saturated rings. The number of nitrogens with zero attached hydrogens (tertiary/aromatic N) is 1. The van der Waals surface area contributed by atoms with Gasteiger partial charge in [0.05, 0.1) is 37.5 Å². The van der Waals surface area contributed by atoms with E-state index in [4.69, 9.17) is 14.2 Å². The summed E-state index contributed by atoms with van der Waals surface area (Å²) < 4.78 is 16.4. The molecule has 2 aromatic rings. The highest BCUT2D eigenvalue weighted by molar-refractivity contribution is 6.46. The highest BCUT2D eigenvalue weighted by Gasteiger charge is 2.46. The number of aliphatic hydroxyl groups excluding tert-OH is 1. The standard InChI is InChI=1S/C25H29NO6/c1-6-13-26-22(16-7-9-17(10-8-16)32-15(2)3)21(24(28)25(26)29)23(27)19-14-18(30-4)11-12-20(19)31-5/h7-12,14-15,22,27H,6,13H2,1-5H3/b23-21+. The summed E-state index contributed by atoms with van der Waals surface area (Å²) in [5, 5.41) is 11.3. The number of hydrogen-bond acceptors (Lipinski definition) is 6. The van der Waals surface area contributed by atoms with Crippen LogP contribution in [0.25, 0.3) is 5.76 Å². The van der Waals surface area contributed by atoms with E-state index in [1.54, 1.807) is 30.3 Å². The van der Waals surface area contributed by atoms with Crippen LogP contribution < -0.4 is 14.2 Å². The number of amides is 1. The van der Waals surface area contributed by atoms with Crippen molar-refractivity contribution in [3.63, 3.8) is 0 Å². The third-order valence-corrected chi connectivity index (χ3v) is 5.23. The summed E-state index contributed by atoms with van der Waals surface area (Å²) >= 11 is 0. The summed E-state index contributed by atoms with van der Waals surface area (Å²) in [6, 6.07) is 11.4. The maximum Gasteiger partial charge on any atom is 0.295 e. The van der Waals surface area contributed by atoms with Crippen molar-refractivity contribution < 1.29 is 28.9 Å². The lowest BCUT2D eigenvalue weighted by Gasteiger charge is -2.25. The van der Waals surface area contributed by atoms with Crippen molar-refractivity contribution in [2.75, 3.05) is 20.8 Å². The lowest BCUT2D eigenvalue weighted by atomic mass is 9.94. The summed E-state index contributed by atoms with van der Waals surface area (Å²) in [4.78, 5) is 27.4. The molecule has 7 nitrogen and oxygen atoms in total. The third-order valence-electron chi connectivity index (χ3n) is 5.23. The highest BCUT2D eigenvalue weighted by Crippen LogP contribution is 2.42. The second-order valence-corrected chi connectivity index (χ2v) is 7.79. The van der Waals surface area contributed by atoms with Crippen molar-refractivity contribution in [1.29, 1.82) is 0 Å². The predicted molar refractivity (Wildman–Crippen MR) is 121 cm³/mol. The number of benzene rings is 2. The first-order chi connectivity index (χ1) is 15.3. The Kier molecular flexibility index (Phi) is 7.08. The van der Waals surface area contributed by atoms with Crippen molar-refractivity contribution in [3.8, 4) is 17.2 Å². The molecule has 3 rings (SSSR count). The Bertz CT molecular complexity index is 1030. The molecule has 0 aromatic heterocycles. The van der Waals surface area contributed by atoms with Crippen molar-refractivity contribution in [1.82, 2.24) is 4.90 Å². The Labute approximate surface area is 188 Å². The largest absolute Gasteiger partial charge is 0.507 e. The normalized spacial score (nSPS) is 17.7. The van der Waals surface area contributed by atoms with Gasteiger partial charge in [-0.3, -0.25) is 9.59 Å². The number of aliphatic hydroxyl groups is 1. The topological polar surface area (TPSA) is 85.3 Å². The molecule has 0 bridgehead atoms. The Morgan fingerprint density at radius 1 is 1.03 bits per heavy atom. The Morgan fingerprint density at radius 3 is 2.25 bits per heavy atom. The number of hydrogen-bond donors (Lipinski definition) is 1. The highest BCUT2D eigenvalue weighted by atomic mass is 16.5. The molecule has 1 aliphatic rings. The summed E-state index contributed by atoms with van der Waals surface area (Å²) in [5.74, 6) is -0.127. The van der Waals surface area contributed by atoms with E-state index >= 15 is 0 Å². The molecule has 1 N–H and O–H groups in total. The molecule has 1 atom stereocenters. The minimum absolute atomic E-state index is 0.0205. The monoisotopic (exact) mass is 439 g/mol. The predicted octanol–water partition coefficient (Wildman–Crippen LogP) is 4.32. The molecule has 0 aliphatic carbocycles. The van der Waals surface area contributed by atoms with Crippen LogP contribution in [-0.2, 0) is 9.59 Å². The second kappa shape index (κ2) is 9.77. The quantitative estimate of drug-likeness (QED) is 0.375. The van der Waals surface area contributed by atoms with Gasteiger partial charge in [-0.15, -0.1) is 0 Å². The van der Waals surface area contributed by atoms with E-state index in [1.165, 1.54) is 19.1 Å². The number of carbonyl (C=O) groups excluding carboxylic acids is 2. The fourth-order valence-electron chi connectivity index (χ4n) is 3.84. The molecule has 0 saturated carbocycles. The maximum atomic E-state index is 13.0. The van der Waals surface area contributed by atoms with Gasteiger partial charge in [0.2, 0.25) is 0 Å². The van der Waals surface area contributed by atoms with Gasteiger partial charge in [0.15, 0.2) is 0 Å². The average molecular weight is 440 g/mol. The minimum atomic E-state index is -0.728. The van der Waals surface area contributed by atoms with Crippen LogP contribution in [0.4, 0.5) is 0 Å². The van der Waals surface area contributed by atoms with Crippen LogP contribution in [0.15, 0.2) is 48.0 Å². The summed E-state index contributed by atoms with van der Waals surface area (Å²) in [7, 11) is 2.98. The molecule has 7 heteroatoms. The van der Waals surface area contributed by atoms with Gasteiger partial charge in [0.1, 0.15) is 23.0 Å². The van der Waals surface area contributed by atoms with E-state index in [0.29, 0.717) is 35.8 Å². The molecule has 1 heterocycles. The number of likely N-dealkylation sites (tertiary alicyclic amines) is 1. The van der Waals surface area contributed by atoms with Crippen LogP contribution in [0.3, 0.4) is 0 Å². The SMILES string of the molecule is CCCN1C(=O)C(=O)/C(=C(/O)c2cc(OC)ccc2OC)C1c1ccc(OC(C)C)cc1. The van der Waals surface area contributed by atoms with Crippen molar-refractivity contribution in [2.45, 2.75) is 39.3 Å². The molecule has 0 spiro atoms. The summed E-state index contributed by atoms with van der Waals surface area (Å²) in [6.45, 7) is 6.18. The van der Waals surface area contributed by atoms with Gasteiger partial charge in [0.25, 0.3) is 11.7 Å². The number of ether oxygens (including phenoxy) is 3. The zero-order chi connectivity index (χ0) is 23.4. The van der Waals surface area contributed by atoms with Crippen molar-refractivity contribution in [3.05, 3.63) is 59.2 Å². The molecule has 1 aliphatic heterocycles. The first kappa shape index (κ1) is 23.2. The fraction of sp³-hybridized carbons (Fsp3) is 0.360. The lowest BCUT2D eigenvalue weighted by molar-refractivity contribution is -0.139. The van der Waals surface area contributed by atoms with Gasteiger partial charge in [-0.25, -0.2) is 0 Å². The molecular formula is C25H29NO6. The van der Waals surface area contributed by atoms with Crippen LogP contribution in [0.1, 0.15) is 44.4 Å². The van der Waals surface area contributed by atoms with E-state index in [1.807, 2.05) is 32.9 Å². The van der Waals surface area contributed by atoms with Crippen LogP contribution >= 0.6 is 0 Å². The van der Waals surface area contributed by atoms with Crippen LogP contribution in [0, 0.1) is 0 Å². The van der Waals surface area contributed by atoms with E-state index < -0.39 is 17.7 Å². The van der Waals surface area contributed by atoms with Gasteiger partial charge < -0.3 is 24.2 Å². The van der Waals surface area contributed by atoms with Gasteiger partial charge in [0, 0.05) is 6.54 Å².